The zero-order valence-corrected chi connectivity index (χ0v) is 13.2. The van der Waals surface area contributed by atoms with Crippen molar-refractivity contribution in [1.82, 2.24) is 14.9 Å². The number of carbonyl (C=O) groups is 1. The highest BCUT2D eigenvalue weighted by Gasteiger charge is 2.34. The zero-order valence-electron chi connectivity index (χ0n) is 13.2. The van der Waals surface area contributed by atoms with Crippen LogP contribution in [0.2, 0.25) is 0 Å². The minimum Gasteiger partial charge on any atom is -0.383 e. The van der Waals surface area contributed by atoms with Crippen LogP contribution in [0.4, 0.5) is 11.8 Å². The first-order chi connectivity index (χ1) is 11.5. The van der Waals surface area contributed by atoms with Crippen molar-refractivity contribution in [2.45, 2.75) is 19.5 Å². The molecule has 6 nitrogen and oxygen atoms in total. The first kappa shape index (κ1) is 14.4. The Morgan fingerprint density at radius 2 is 1.88 bits per heavy atom. The summed E-state index contributed by atoms with van der Waals surface area (Å²) < 4.78 is 0. The van der Waals surface area contributed by atoms with Gasteiger partial charge in [-0.05, 0) is 29.8 Å². The maximum atomic E-state index is 13.0. The van der Waals surface area contributed by atoms with E-state index in [0.717, 1.165) is 22.0 Å². The molecule has 1 aromatic heterocycles. The van der Waals surface area contributed by atoms with Crippen LogP contribution in [0.25, 0.3) is 10.8 Å². The first-order valence-electron chi connectivity index (χ1n) is 7.76. The number of aromatic nitrogens is 2. The lowest BCUT2D eigenvalue weighted by molar-refractivity contribution is 0.0703. The number of fused-ring (bicyclic) bond motifs is 2. The highest BCUT2D eigenvalue weighted by molar-refractivity contribution is 5.99. The SMILES string of the molecule is C[C@H]1c2nc(N)nc(N)c2CN1C(=O)c1ccc2ccccc2c1. The summed E-state index contributed by atoms with van der Waals surface area (Å²) >= 11 is 0. The Bertz CT molecular complexity index is 969. The molecule has 6 heteroatoms. The number of nitrogen functional groups attached to an aromatic ring is 2. The highest BCUT2D eigenvalue weighted by Crippen LogP contribution is 2.36. The Labute approximate surface area is 139 Å². The maximum Gasteiger partial charge on any atom is 0.254 e. The van der Waals surface area contributed by atoms with Crippen molar-refractivity contribution in [2.75, 3.05) is 11.5 Å². The summed E-state index contributed by atoms with van der Waals surface area (Å²) in [6.45, 7) is 2.32. The second-order valence-electron chi connectivity index (χ2n) is 6.00. The number of hydrogen-bond donors (Lipinski definition) is 2. The number of nitrogens with two attached hydrogens (primary N) is 2. The van der Waals surface area contributed by atoms with E-state index in [1.165, 1.54) is 0 Å². The minimum atomic E-state index is -0.188. The van der Waals surface area contributed by atoms with Crippen LogP contribution < -0.4 is 11.5 Å². The minimum absolute atomic E-state index is 0.0516. The molecule has 2 aromatic carbocycles. The Balaban J connectivity index is 1.71. The summed E-state index contributed by atoms with van der Waals surface area (Å²) in [5, 5.41) is 2.14. The van der Waals surface area contributed by atoms with Gasteiger partial charge in [0.15, 0.2) is 0 Å². The molecule has 0 radical (unpaired) electrons. The van der Waals surface area contributed by atoms with Crippen molar-refractivity contribution < 1.29 is 4.79 Å². The van der Waals surface area contributed by atoms with Gasteiger partial charge in [-0.15, -0.1) is 0 Å². The number of benzene rings is 2. The van der Waals surface area contributed by atoms with Crippen molar-refractivity contribution >= 4 is 28.4 Å². The van der Waals surface area contributed by atoms with Crippen molar-refractivity contribution in [1.29, 1.82) is 0 Å². The Kier molecular flexibility index (Phi) is 3.13. The smallest absolute Gasteiger partial charge is 0.254 e. The molecule has 0 spiro atoms. The van der Waals surface area contributed by atoms with Crippen molar-refractivity contribution in [3.63, 3.8) is 0 Å². The lowest BCUT2D eigenvalue weighted by atomic mass is 10.1. The van der Waals surface area contributed by atoms with E-state index in [2.05, 4.69) is 9.97 Å². The number of anilines is 2. The van der Waals surface area contributed by atoms with Gasteiger partial charge in [0, 0.05) is 11.1 Å². The molecule has 1 atom stereocenters. The average Bonchev–Trinajstić information content (AvgIpc) is 2.91. The van der Waals surface area contributed by atoms with E-state index < -0.39 is 0 Å². The zero-order chi connectivity index (χ0) is 16.8. The van der Waals surface area contributed by atoms with E-state index in [0.29, 0.717) is 17.9 Å². The Morgan fingerprint density at radius 3 is 2.67 bits per heavy atom. The number of rotatable bonds is 1. The molecule has 1 aliphatic rings. The molecule has 4 N–H and O–H groups in total. The lowest BCUT2D eigenvalue weighted by Crippen LogP contribution is -2.28. The fourth-order valence-corrected chi connectivity index (χ4v) is 3.24. The molecule has 3 aromatic rings. The first-order valence-corrected chi connectivity index (χ1v) is 7.76. The van der Waals surface area contributed by atoms with E-state index in [1.54, 1.807) is 4.90 Å². The summed E-state index contributed by atoms with van der Waals surface area (Å²) in [4.78, 5) is 23.0. The molecule has 0 fully saturated rings. The monoisotopic (exact) mass is 319 g/mol. The summed E-state index contributed by atoms with van der Waals surface area (Å²) in [5.41, 5.74) is 13.8. The van der Waals surface area contributed by atoms with E-state index in [9.17, 15) is 4.79 Å². The van der Waals surface area contributed by atoms with Crippen LogP contribution in [0.3, 0.4) is 0 Å². The van der Waals surface area contributed by atoms with E-state index in [1.807, 2.05) is 49.4 Å². The molecule has 0 saturated carbocycles. The van der Waals surface area contributed by atoms with Crippen molar-refractivity contribution in [3.05, 3.63) is 59.3 Å². The maximum absolute atomic E-state index is 13.0. The summed E-state index contributed by atoms with van der Waals surface area (Å²) in [6.07, 6.45) is 0. The van der Waals surface area contributed by atoms with Gasteiger partial charge in [0.05, 0.1) is 18.3 Å². The Morgan fingerprint density at radius 1 is 1.12 bits per heavy atom. The molecule has 1 amide bonds. The fraction of sp³-hybridized carbons (Fsp3) is 0.167. The van der Waals surface area contributed by atoms with Gasteiger partial charge in [0.25, 0.3) is 5.91 Å². The highest BCUT2D eigenvalue weighted by atomic mass is 16.2. The van der Waals surface area contributed by atoms with Gasteiger partial charge >= 0.3 is 0 Å². The van der Waals surface area contributed by atoms with Gasteiger partial charge in [0.1, 0.15) is 5.82 Å². The van der Waals surface area contributed by atoms with Gasteiger partial charge in [-0.3, -0.25) is 4.79 Å². The molecule has 24 heavy (non-hydrogen) atoms. The van der Waals surface area contributed by atoms with Gasteiger partial charge < -0.3 is 16.4 Å². The molecule has 120 valence electrons. The normalized spacial score (nSPS) is 16.4. The quantitative estimate of drug-likeness (QED) is 0.718. The lowest BCUT2D eigenvalue weighted by Gasteiger charge is -2.21. The molecule has 0 unspecified atom stereocenters. The van der Waals surface area contributed by atoms with Crippen LogP contribution in [0, 0.1) is 0 Å². The molecular weight excluding hydrogens is 302 g/mol. The van der Waals surface area contributed by atoms with Gasteiger partial charge in [0.2, 0.25) is 5.95 Å². The number of nitrogens with zero attached hydrogens (tertiary/aromatic N) is 3. The topological polar surface area (TPSA) is 98.1 Å². The summed E-state index contributed by atoms with van der Waals surface area (Å²) in [6, 6.07) is 13.5. The van der Waals surface area contributed by atoms with Crippen LogP contribution in [0.1, 0.15) is 34.6 Å². The summed E-state index contributed by atoms with van der Waals surface area (Å²) in [5.74, 6) is 0.431. The van der Waals surface area contributed by atoms with Crippen LogP contribution in [0.5, 0.6) is 0 Å². The Hall–Kier alpha value is -3.15. The average molecular weight is 319 g/mol. The van der Waals surface area contributed by atoms with E-state index in [4.69, 9.17) is 11.5 Å². The third-order valence-corrected chi connectivity index (χ3v) is 4.54. The van der Waals surface area contributed by atoms with Crippen LogP contribution in [-0.4, -0.2) is 20.8 Å². The van der Waals surface area contributed by atoms with Gasteiger partial charge in [-0.2, -0.15) is 4.98 Å². The van der Waals surface area contributed by atoms with Crippen LogP contribution in [-0.2, 0) is 6.54 Å². The van der Waals surface area contributed by atoms with Crippen LogP contribution >= 0.6 is 0 Å². The number of carbonyl (C=O) groups excluding carboxylic acids is 1. The van der Waals surface area contributed by atoms with Crippen LogP contribution in [0.15, 0.2) is 42.5 Å². The molecule has 0 aliphatic carbocycles. The third-order valence-electron chi connectivity index (χ3n) is 4.54. The predicted molar refractivity (Wildman–Crippen MR) is 93.1 cm³/mol. The van der Waals surface area contributed by atoms with Crippen molar-refractivity contribution in [3.8, 4) is 0 Å². The summed E-state index contributed by atoms with van der Waals surface area (Å²) in [7, 11) is 0. The van der Waals surface area contributed by atoms with E-state index >= 15 is 0 Å². The second kappa shape index (κ2) is 5.19. The van der Waals surface area contributed by atoms with Crippen molar-refractivity contribution in [2.24, 2.45) is 0 Å². The number of hydrogen-bond acceptors (Lipinski definition) is 5. The molecule has 1 aliphatic heterocycles. The largest absolute Gasteiger partial charge is 0.383 e. The predicted octanol–water partition coefficient (Wildman–Crippen LogP) is 2.51. The van der Waals surface area contributed by atoms with Gasteiger partial charge in [-0.25, -0.2) is 4.98 Å². The van der Waals surface area contributed by atoms with E-state index in [-0.39, 0.29) is 17.9 Å². The molecule has 2 heterocycles. The second-order valence-corrected chi connectivity index (χ2v) is 6.00. The molecule has 0 saturated heterocycles. The fourth-order valence-electron chi connectivity index (χ4n) is 3.24. The molecule has 4 rings (SSSR count). The number of amides is 1. The standard InChI is InChI=1S/C18H17N5O/c1-10-15-14(16(19)22-18(20)21-15)9-23(10)17(24)13-7-6-11-4-2-3-5-12(11)8-13/h2-8,10H,9H2,1H3,(H4,19,20,21,22)/t10-/m0/s1. The van der Waals surface area contributed by atoms with Gasteiger partial charge in [-0.1, -0.05) is 30.3 Å². The molecule has 0 bridgehead atoms. The third kappa shape index (κ3) is 2.15. The molecular formula is C18H17N5O.